The molecular formula is C18H15F3N4O2S. The molecule has 0 radical (unpaired) electrons. The largest absolute Gasteiger partial charge is 0.497 e. The number of alkyl halides is 3. The molecule has 0 aliphatic rings. The highest BCUT2D eigenvalue weighted by molar-refractivity contribution is 7.99. The molecule has 146 valence electrons. The Labute approximate surface area is 162 Å². The Morgan fingerprint density at radius 2 is 1.89 bits per heavy atom. The normalized spacial score (nSPS) is 11.3. The van der Waals surface area contributed by atoms with Crippen molar-refractivity contribution in [3.8, 4) is 17.1 Å². The van der Waals surface area contributed by atoms with Gasteiger partial charge in [0, 0.05) is 5.56 Å². The number of H-pyrrole nitrogens is 1. The van der Waals surface area contributed by atoms with Crippen molar-refractivity contribution in [1.29, 1.82) is 0 Å². The molecule has 10 heteroatoms. The van der Waals surface area contributed by atoms with Gasteiger partial charge in [-0.25, -0.2) is 4.98 Å². The zero-order valence-corrected chi connectivity index (χ0v) is 15.4. The molecule has 3 aromatic rings. The number of hydrogen-bond donors (Lipinski definition) is 2. The van der Waals surface area contributed by atoms with Gasteiger partial charge >= 0.3 is 6.18 Å². The number of benzene rings is 2. The molecule has 1 amide bonds. The molecule has 28 heavy (non-hydrogen) atoms. The van der Waals surface area contributed by atoms with Crippen LogP contribution in [-0.2, 0) is 11.0 Å². The van der Waals surface area contributed by atoms with Gasteiger partial charge < -0.3 is 10.1 Å². The smallest absolute Gasteiger partial charge is 0.418 e. The number of aromatic amines is 1. The first kappa shape index (κ1) is 19.7. The van der Waals surface area contributed by atoms with Crippen LogP contribution in [0.25, 0.3) is 11.4 Å². The first-order chi connectivity index (χ1) is 13.4. The topological polar surface area (TPSA) is 79.9 Å². The van der Waals surface area contributed by atoms with E-state index in [9.17, 15) is 18.0 Å². The van der Waals surface area contributed by atoms with Crippen LogP contribution in [0.2, 0.25) is 0 Å². The van der Waals surface area contributed by atoms with Crippen LogP contribution in [0.15, 0.2) is 53.7 Å². The van der Waals surface area contributed by atoms with Gasteiger partial charge in [0.25, 0.3) is 0 Å². The highest BCUT2D eigenvalue weighted by Gasteiger charge is 2.33. The average Bonchev–Trinajstić information content (AvgIpc) is 3.15. The van der Waals surface area contributed by atoms with Gasteiger partial charge in [-0.1, -0.05) is 23.9 Å². The monoisotopic (exact) mass is 408 g/mol. The molecule has 0 unspecified atom stereocenters. The number of amides is 1. The van der Waals surface area contributed by atoms with Gasteiger partial charge in [0.15, 0.2) is 5.82 Å². The number of aromatic nitrogens is 3. The SMILES string of the molecule is COc1ccc(-c2nc(SCC(=O)Nc3ccccc3C(F)(F)F)n[nH]2)cc1. The number of nitrogens with one attached hydrogen (secondary N) is 2. The molecule has 0 saturated carbocycles. The first-order valence-corrected chi connectivity index (χ1v) is 9.01. The number of rotatable bonds is 6. The van der Waals surface area contributed by atoms with Gasteiger partial charge in [0.1, 0.15) is 5.75 Å². The Balaban J connectivity index is 1.61. The van der Waals surface area contributed by atoms with Crippen molar-refractivity contribution in [1.82, 2.24) is 15.2 Å². The lowest BCUT2D eigenvalue weighted by Gasteiger charge is -2.13. The van der Waals surface area contributed by atoms with E-state index in [4.69, 9.17) is 4.74 Å². The summed E-state index contributed by atoms with van der Waals surface area (Å²) in [5.74, 6) is 0.491. The molecule has 0 aliphatic heterocycles. The number of halogens is 3. The number of para-hydroxylation sites is 1. The lowest BCUT2D eigenvalue weighted by Crippen LogP contribution is -2.18. The molecule has 0 spiro atoms. The van der Waals surface area contributed by atoms with Gasteiger partial charge in [-0.3, -0.25) is 9.89 Å². The third-order valence-electron chi connectivity index (χ3n) is 3.67. The minimum Gasteiger partial charge on any atom is -0.497 e. The summed E-state index contributed by atoms with van der Waals surface area (Å²) in [7, 11) is 1.57. The predicted molar refractivity (Wildman–Crippen MR) is 99.2 cm³/mol. The van der Waals surface area contributed by atoms with Crippen molar-refractivity contribution >= 4 is 23.4 Å². The van der Waals surface area contributed by atoms with Crippen LogP contribution in [0.4, 0.5) is 18.9 Å². The standard InChI is InChI=1S/C18H15F3N4O2S/c1-27-12-8-6-11(7-9-12)16-23-17(25-24-16)28-10-15(26)22-14-5-3-2-4-13(14)18(19,20)21/h2-9H,10H2,1H3,(H,22,26)(H,23,24,25). The molecule has 6 nitrogen and oxygen atoms in total. The molecule has 3 rings (SSSR count). The summed E-state index contributed by atoms with van der Waals surface area (Å²) in [5, 5.41) is 9.35. The fraction of sp³-hybridized carbons (Fsp3) is 0.167. The van der Waals surface area contributed by atoms with Gasteiger partial charge in [-0.05, 0) is 36.4 Å². The van der Waals surface area contributed by atoms with E-state index in [1.165, 1.54) is 18.2 Å². The molecule has 0 fully saturated rings. The number of ether oxygens (including phenoxy) is 1. The van der Waals surface area contributed by atoms with E-state index in [-0.39, 0.29) is 11.4 Å². The van der Waals surface area contributed by atoms with Crippen molar-refractivity contribution in [2.24, 2.45) is 0 Å². The molecule has 0 bridgehead atoms. The van der Waals surface area contributed by atoms with Crippen molar-refractivity contribution in [3.63, 3.8) is 0 Å². The van der Waals surface area contributed by atoms with E-state index in [1.54, 1.807) is 31.4 Å². The lowest BCUT2D eigenvalue weighted by atomic mass is 10.1. The summed E-state index contributed by atoms with van der Waals surface area (Å²) in [5.41, 5.74) is -0.397. The second-order valence-electron chi connectivity index (χ2n) is 5.58. The van der Waals surface area contributed by atoms with Crippen LogP contribution < -0.4 is 10.1 Å². The Kier molecular flexibility index (Phi) is 5.88. The van der Waals surface area contributed by atoms with Crippen LogP contribution in [0, 0.1) is 0 Å². The van der Waals surface area contributed by atoms with Crippen LogP contribution in [0.3, 0.4) is 0 Å². The zero-order chi connectivity index (χ0) is 20.1. The minimum absolute atomic E-state index is 0.133. The van der Waals surface area contributed by atoms with E-state index in [2.05, 4.69) is 20.5 Å². The van der Waals surface area contributed by atoms with Gasteiger partial charge in [-0.15, -0.1) is 5.10 Å². The summed E-state index contributed by atoms with van der Waals surface area (Å²) in [6.45, 7) is 0. The molecule has 1 heterocycles. The van der Waals surface area contributed by atoms with Crippen molar-refractivity contribution in [2.45, 2.75) is 11.3 Å². The van der Waals surface area contributed by atoms with Crippen molar-refractivity contribution in [3.05, 3.63) is 54.1 Å². The number of nitrogens with zero attached hydrogens (tertiary/aromatic N) is 2. The third-order valence-corrected chi connectivity index (χ3v) is 4.51. The summed E-state index contributed by atoms with van der Waals surface area (Å²) in [4.78, 5) is 16.3. The zero-order valence-electron chi connectivity index (χ0n) is 14.6. The van der Waals surface area contributed by atoms with E-state index in [0.717, 1.165) is 23.4 Å². The maximum absolute atomic E-state index is 13.0. The quantitative estimate of drug-likeness (QED) is 0.597. The maximum Gasteiger partial charge on any atom is 0.418 e. The van der Waals surface area contributed by atoms with Crippen LogP contribution in [-0.4, -0.2) is 34.0 Å². The average molecular weight is 408 g/mol. The van der Waals surface area contributed by atoms with Crippen LogP contribution in [0.5, 0.6) is 5.75 Å². The number of thioether (sulfide) groups is 1. The minimum atomic E-state index is -4.55. The Morgan fingerprint density at radius 3 is 2.57 bits per heavy atom. The van der Waals surface area contributed by atoms with E-state index in [1.807, 2.05) is 0 Å². The lowest BCUT2D eigenvalue weighted by molar-refractivity contribution is -0.137. The maximum atomic E-state index is 13.0. The summed E-state index contributed by atoms with van der Waals surface area (Å²) < 4.78 is 44.0. The Morgan fingerprint density at radius 1 is 1.18 bits per heavy atom. The van der Waals surface area contributed by atoms with Gasteiger partial charge in [0.2, 0.25) is 11.1 Å². The van der Waals surface area contributed by atoms with E-state index in [0.29, 0.717) is 16.7 Å². The van der Waals surface area contributed by atoms with Gasteiger partial charge in [0.05, 0.1) is 24.1 Å². The molecule has 2 N–H and O–H groups in total. The Bertz CT molecular complexity index is 958. The summed E-state index contributed by atoms with van der Waals surface area (Å²) in [6, 6.07) is 12.0. The number of carbonyl (C=O) groups excluding carboxylic acids is 1. The fourth-order valence-electron chi connectivity index (χ4n) is 2.34. The second kappa shape index (κ2) is 8.34. The first-order valence-electron chi connectivity index (χ1n) is 8.02. The third kappa shape index (κ3) is 4.83. The molecule has 0 atom stereocenters. The highest BCUT2D eigenvalue weighted by atomic mass is 32.2. The summed E-state index contributed by atoms with van der Waals surface area (Å²) >= 11 is 1.01. The molecule has 0 aliphatic carbocycles. The van der Waals surface area contributed by atoms with Crippen LogP contribution in [0.1, 0.15) is 5.56 Å². The number of anilines is 1. The number of carbonyl (C=O) groups is 1. The highest BCUT2D eigenvalue weighted by Crippen LogP contribution is 2.34. The van der Waals surface area contributed by atoms with Crippen molar-refractivity contribution < 1.29 is 22.7 Å². The van der Waals surface area contributed by atoms with E-state index < -0.39 is 17.6 Å². The molecular weight excluding hydrogens is 393 g/mol. The van der Waals surface area contributed by atoms with E-state index >= 15 is 0 Å². The number of methoxy groups -OCH3 is 1. The van der Waals surface area contributed by atoms with Crippen molar-refractivity contribution in [2.75, 3.05) is 18.2 Å². The molecule has 0 saturated heterocycles. The number of hydrogen-bond acceptors (Lipinski definition) is 5. The predicted octanol–water partition coefficient (Wildman–Crippen LogP) is 4.23. The van der Waals surface area contributed by atoms with Crippen LogP contribution >= 0.6 is 11.8 Å². The fourth-order valence-corrected chi connectivity index (χ4v) is 2.94. The van der Waals surface area contributed by atoms with Gasteiger partial charge in [-0.2, -0.15) is 13.2 Å². The summed E-state index contributed by atoms with van der Waals surface area (Å²) in [6.07, 6.45) is -4.55. The Hall–Kier alpha value is -3.01. The second-order valence-corrected chi connectivity index (χ2v) is 6.52. The molecule has 2 aromatic carbocycles. The molecule has 1 aromatic heterocycles.